The maximum Gasteiger partial charge on any atom is -0.00206 e. The Balaban J connectivity index is 1.65. The molecular weight excluding hydrogens is 384 g/mol. The molecule has 0 unspecified atom stereocenters. The van der Waals surface area contributed by atoms with Crippen molar-refractivity contribution >= 4 is 44.5 Å². The van der Waals surface area contributed by atoms with Crippen LogP contribution in [0.3, 0.4) is 0 Å². The van der Waals surface area contributed by atoms with Gasteiger partial charge < -0.3 is 0 Å². The van der Waals surface area contributed by atoms with Crippen molar-refractivity contribution < 1.29 is 0 Å². The number of hydrogen-bond donors (Lipinski definition) is 0. The molecule has 0 saturated carbocycles. The van der Waals surface area contributed by atoms with E-state index in [2.05, 4.69) is 86.7 Å². The Labute approximate surface area is 194 Å². The molecule has 0 amide bonds. The molecule has 0 spiro atoms. The van der Waals surface area contributed by atoms with Gasteiger partial charge in [0, 0.05) is 0 Å². The van der Waals surface area contributed by atoms with Crippen molar-refractivity contribution in [3.8, 4) is 0 Å². The van der Waals surface area contributed by atoms with Gasteiger partial charge in [0.05, 0.1) is 0 Å². The van der Waals surface area contributed by atoms with Gasteiger partial charge >= 0.3 is 0 Å². The Kier molecular flexibility index (Phi) is 7.99. The topological polar surface area (TPSA) is 0 Å². The zero-order chi connectivity index (χ0) is 22.2. The number of unbranched alkanes of at least 4 members (excludes halogenated alkanes) is 8. The molecule has 0 N–H and O–H groups in total. The van der Waals surface area contributed by atoms with Crippen LogP contribution in [0.2, 0.25) is 0 Å². The van der Waals surface area contributed by atoms with Crippen LogP contribution in [0, 0.1) is 0 Å². The van der Waals surface area contributed by atoms with Gasteiger partial charge in [0.25, 0.3) is 0 Å². The first-order chi connectivity index (χ1) is 15.8. The van der Waals surface area contributed by atoms with E-state index in [0.29, 0.717) is 0 Å². The summed E-state index contributed by atoms with van der Waals surface area (Å²) in [4.78, 5) is 0. The Bertz CT molecular complexity index is 1100. The molecule has 0 aliphatic carbocycles. The summed E-state index contributed by atoms with van der Waals surface area (Å²) in [6.45, 7) is 4.55. The van der Waals surface area contributed by atoms with Gasteiger partial charge in [-0.2, -0.15) is 0 Å². The standard InChI is InChI=1S/C32H38/c1-3-5-7-9-11-13-15-25-17-19-27-22-24-30-26(16-14-12-10-8-6-4-2)18-20-28-21-23-29(25)31(27)32(28)30/h13-24H,3-12H2,1-2H3. The van der Waals surface area contributed by atoms with E-state index in [0.717, 1.165) is 0 Å². The van der Waals surface area contributed by atoms with Crippen LogP contribution in [-0.2, 0) is 0 Å². The van der Waals surface area contributed by atoms with Crippen LogP contribution in [0.15, 0.2) is 60.7 Å². The van der Waals surface area contributed by atoms with Crippen LogP contribution in [0.5, 0.6) is 0 Å². The highest BCUT2D eigenvalue weighted by Crippen LogP contribution is 2.38. The smallest absolute Gasteiger partial charge is 0.00206 e. The van der Waals surface area contributed by atoms with Crippen LogP contribution in [0.4, 0.5) is 0 Å². The van der Waals surface area contributed by atoms with E-state index in [9.17, 15) is 0 Å². The number of benzene rings is 4. The lowest BCUT2D eigenvalue weighted by atomic mass is 9.90. The Morgan fingerprint density at radius 3 is 1.38 bits per heavy atom. The lowest BCUT2D eigenvalue weighted by Gasteiger charge is -2.14. The first-order valence-corrected chi connectivity index (χ1v) is 12.9. The van der Waals surface area contributed by atoms with Gasteiger partial charge in [0.15, 0.2) is 0 Å². The van der Waals surface area contributed by atoms with Crippen molar-refractivity contribution in [2.45, 2.75) is 78.1 Å². The molecule has 166 valence electrons. The number of rotatable bonds is 12. The van der Waals surface area contributed by atoms with Gasteiger partial charge in [-0.25, -0.2) is 0 Å². The van der Waals surface area contributed by atoms with Gasteiger partial charge in [0.1, 0.15) is 0 Å². The highest BCUT2D eigenvalue weighted by Gasteiger charge is 2.11. The van der Waals surface area contributed by atoms with Gasteiger partial charge in [-0.1, -0.05) is 125 Å². The van der Waals surface area contributed by atoms with E-state index >= 15 is 0 Å². The summed E-state index contributed by atoms with van der Waals surface area (Å²) in [7, 11) is 0. The van der Waals surface area contributed by atoms with Crippen molar-refractivity contribution in [3.63, 3.8) is 0 Å². The maximum atomic E-state index is 2.37. The third-order valence-electron chi connectivity index (χ3n) is 6.78. The van der Waals surface area contributed by atoms with Crippen molar-refractivity contribution in [2.24, 2.45) is 0 Å². The van der Waals surface area contributed by atoms with Crippen molar-refractivity contribution in [3.05, 3.63) is 71.8 Å². The molecule has 0 saturated heterocycles. The fourth-order valence-electron chi connectivity index (χ4n) is 4.94. The highest BCUT2D eigenvalue weighted by molar-refractivity contribution is 6.25. The summed E-state index contributed by atoms with van der Waals surface area (Å²) in [5, 5.41) is 8.30. The molecule has 0 fully saturated rings. The van der Waals surface area contributed by atoms with Crippen LogP contribution < -0.4 is 0 Å². The van der Waals surface area contributed by atoms with Gasteiger partial charge in [-0.3, -0.25) is 0 Å². The molecule has 0 aliphatic heterocycles. The Morgan fingerprint density at radius 2 is 0.938 bits per heavy atom. The lowest BCUT2D eigenvalue weighted by Crippen LogP contribution is -1.88. The van der Waals surface area contributed by atoms with Crippen LogP contribution in [-0.4, -0.2) is 0 Å². The molecule has 0 aromatic heterocycles. The number of hydrogen-bond acceptors (Lipinski definition) is 0. The maximum absolute atomic E-state index is 2.37. The summed E-state index contributed by atoms with van der Waals surface area (Å²) >= 11 is 0. The highest BCUT2D eigenvalue weighted by atomic mass is 14.1. The molecule has 0 heterocycles. The summed E-state index contributed by atoms with van der Waals surface area (Å²) in [6.07, 6.45) is 22.3. The molecule has 4 aromatic rings. The molecule has 4 aromatic carbocycles. The summed E-state index contributed by atoms with van der Waals surface area (Å²) in [5.74, 6) is 0. The van der Waals surface area contributed by atoms with Gasteiger partial charge in [-0.15, -0.1) is 0 Å². The first kappa shape index (κ1) is 22.6. The minimum atomic E-state index is 1.18. The van der Waals surface area contributed by atoms with Gasteiger partial charge in [0.2, 0.25) is 0 Å². The predicted molar refractivity (Wildman–Crippen MR) is 146 cm³/mol. The van der Waals surface area contributed by atoms with E-state index in [-0.39, 0.29) is 0 Å². The summed E-state index contributed by atoms with van der Waals surface area (Å²) < 4.78 is 0. The molecule has 0 nitrogen and oxygen atoms in total. The van der Waals surface area contributed by atoms with E-state index in [4.69, 9.17) is 0 Å². The van der Waals surface area contributed by atoms with Crippen LogP contribution >= 0.6 is 0 Å². The lowest BCUT2D eigenvalue weighted by molar-refractivity contribution is 0.675. The minimum Gasteiger partial charge on any atom is -0.0839 e. The molecule has 0 atom stereocenters. The molecule has 0 aliphatic rings. The molecule has 0 bridgehead atoms. The van der Waals surface area contributed by atoms with Crippen molar-refractivity contribution in [1.29, 1.82) is 0 Å². The first-order valence-electron chi connectivity index (χ1n) is 12.9. The molecule has 0 heteroatoms. The largest absolute Gasteiger partial charge is 0.0839 e. The molecular formula is C32H38. The third kappa shape index (κ3) is 5.07. The van der Waals surface area contributed by atoms with E-state index in [1.54, 1.807) is 0 Å². The zero-order valence-corrected chi connectivity index (χ0v) is 20.0. The fraction of sp³-hybridized carbons (Fsp3) is 0.375. The SMILES string of the molecule is CCCCCCC=Cc1ccc2ccc3c(C=CCCCCCC)ccc4ccc1c2c43. The van der Waals surface area contributed by atoms with Crippen molar-refractivity contribution in [2.75, 3.05) is 0 Å². The summed E-state index contributed by atoms with van der Waals surface area (Å²) in [6, 6.07) is 18.4. The normalized spacial score (nSPS) is 12.4. The van der Waals surface area contributed by atoms with E-state index in [1.165, 1.54) is 108 Å². The fourth-order valence-corrected chi connectivity index (χ4v) is 4.94. The van der Waals surface area contributed by atoms with E-state index < -0.39 is 0 Å². The third-order valence-corrected chi connectivity index (χ3v) is 6.78. The second kappa shape index (κ2) is 11.3. The average molecular weight is 423 g/mol. The Morgan fingerprint density at radius 1 is 0.500 bits per heavy atom. The van der Waals surface area contributed by atoms with Crippen molar-refractivity contribution in [1.82, 2.24) is 0 Å². The summed E-state index contributed by atoms with van der Waals surface area (Å²) in [5.41, 5.74) is 2.69. The zero-order valence-electron chi connectivity index (χ0n) is 20.0. The second-order valence-electron chi connectivity index (χ2n) is 9.24. The molecule has 32 heavy (non-hydrogen) atoms. The van der Waals surface area contributed by atoms with Gasteiger partial charge in [-0.05, 0) is 69.1 Å². The average Bonchev–Trinajstić information content (AvgIpc) is 2.83. The second-order valence-corrected chi connectivity index (χ2v) is 9.24. The molecule has 0 radical (unpaired) electrons. The van der Waals surface area contributed by atoms with E-state index in [1.807, 2.05) is 0 Å². The van der Waals surface area contributed by atoms with Crippen LogP contribution in [0.25, 0.3) is 44.5 Å². The monoisotopic (exact) mass is 422 g/mol. The predicted octanol–water partition coefficient (Wildman–Crippen LogP) is 10.6. The minimum absolute atomic E-state index is 1.18. The number of allylic oxidation sites excluding steroid dienone is 2. The molecule has 4 rings (SSSR count). The quantitative estimate of drug-likeness (QED) is 0.157. The van der Waals surface area contributed by atoms with Crippen LogP contribution in [0.1, 0.15) is 89.2 Å². The Hall–Kier alpha value is -2.60.